The SMILES string of the molecule is Nc1ncc(S(=O)(=O)NC2CCOC2C2CC2)cn1. The van der Waals surface area contributed by atoms with Crippen molar-refractivity contribution in [3.63, 3.8) is 0 Å². The quantitative estimate of drug-likeness (QED) is 0.799. The molecule has 8 heteroatoms. The third-order valence-corrected chi connectivity index (χ3v) is 4.93. The van der Waals surface area contributed by atoms with Gasteiger partial charge in [0.15, 0.2) is 0 Å². The van der Waals surface area contributed by atoms with Gasteiger partial charge < -0.3 is 10.5 Å². The van der Waals surface area contributed by atoms with Crippen LogP contribution in [0.2, 0.25) is 0 Å². The maximum atomic E-state index is 12.2. The summed E-state index contributed by atoms with van der Waals surface area (Å²) in [6, 6.07) is -0.157. The van der Waals surface area contributed by atoms with Gasteiger partial charge in [-0.3, -0.25) is 0 Å². The fourth-order valence-electron chi connectivity index (χ4n) is 2.36. The Morgan fingerprint density at radius 3 is 2.58 bits per heavy atom. The molecule has 0 aromatic carbocycles. The summed E-state index contributed by atoms with van der Waals surface area (Å²) in [4.78, 5) is 7.44. The number of nitrogens with one attached hydrogen (secondary N) is 1. The zero-order valence-corrected chi connectivity index (χ0v) is 11.1. The van der Waals surface area contributed by atoms with Crippen LogP contribution in [0.3, 0.4) is 0 Å². The van der Waals surface area contributed by atoms with Crippen LogP contribution in [-0.2, 0) is 14.8 Å². The molecule has 1 aromatic rings. The van der Waals surface area contributed by atoms with Gasteiger partial charge in [0.1, 0.15) is 4.90 Å². The van der Waals surface area contributed by atoms with Crippen LogP contribution < -0.4 is 10.5 Å². The molecular weight excluding hydrogens is 268 g/mol. The zero-order valence-electron chi connectivity index (χ0n) is 10.3. The maximum absolute atomic E-state index is 12.2. The van der Waals surface area contributed by atoms with E-state index in [-0.39, 0.29) is 23.0 Å². The molecule has 3 N–H and O–H groups in total. The molecule has 2 fully saturated rings. The Balaban J connectivity index is 1.75. The highest BCUT2D eigenvalue weighted by molar-refractivity contribution is 7.89. The van der Waals surface area contributed by atoms with Gasteiger partial charge >= 0.3 is 0 Å². The van der Waals surface area contributed by atoms with E-state index < -0.39 is 10.0 Å². The van der Waals surface area contributed by atoms with Crippen LogP contribution in [0, 0.1) is 5.92 Å². The molecule has 0 bridgehead atoms. The lowest BCUT2D eigenvalue weighted by Crippen LogP contribution is -2.41. The Labute approximate surface area is 111 Å². The fourth-order valence-corrected chi connectivity index (χ4v) is 3.53. The monoisotopic (exact) mass is 284 g/mol. The minimum Gasteiger partial charge on any atom is -0.376 e. The van der Waals surface area contributed by atoms with E-state index in [1.807, 2.05) is 0 Å². The molecule has 1 aromatic heterocycles. The summed E-state index contributed by atoms with van der Waals surface area (Å²) in [7, 11) is -3.61. The Bertz CT molecular complexity index is 556. The lowest BCUT2D eigenvalue weighted by atomic mass is 10.1. The van der Waals surface area contributed by atoms with Crippen LogP contribution in [0.25, 0.3) is 0 Å². The molecule has 0 radical (unpaired) electrons. The minimum absolute atomic E-state index is 0.00414. The average Bonchev–Trinajstić information content (AvgIpc) is 3.11. The van der Waals surface area contributed by atoms with E-state index in [4.69, 9.17) is 10.5 Å². The van der Waals surface area contributed by atoms with Gasteiger partial charge in [-0.15, -0.1) is 0 Å². The van der Waals surface area contributed by atoms with Gasteiger partial charge in [-0.2, -0.15) is 0 Å². The highest BCUT2D eigenvalue weighted by Gasteiger charge is 2.42. The first-order chi connectivity index (χ1) is 9.06. The molecule has 1 saturated carbocycles. The van der Waals surface area contributed by atoms with Crippen molar-refractivity contribution in [3.05, 3.63) is 12.4 Å². The van der Waals surface area contributed by atoms with Crippen molar-refractivity contribution < 1.29 is 13.2 Å². The molecule has 2 unspecified atom stereocenters. The summed E-state index contributed by atoms with van der Waals surface area (Å²) in [6.45, 7) is 0.604. The van der Waals surface area contributed by atoms with Crippen LogP contribution in [0.1, 0.15) is 19.3 Å². The predicted molar refractivity (Wildman–Crippen MR) is 67.6 cm³/mol. The summed E-state index contributed by atoms with van der Waals surface area (Å²) < 4.78 is 32.7. The van der Waals surface area contributed by atoms with Crippen LogP contribution in [-0.4, -0.2) is 37.1 Å². The number of nitrogens with zero attached hydrogens (tertiary/aromatic N) is 2. The van der Waals surface area contributed by atoms with Crippen molar-refractivity contribution in [3.8, 4) is 0 Å². The van der Waals surface area contributed by atoms with E-state index in [9.17, 15) is 8.42 Å². The number of hydrogen-bond acceptors (Lipinski definition) is 6. The molecule has 0 amide bonds. The molecule has 2 heterocycles. The van der Waals surface area contributed by atoms with Gasteiger partial charge in [0.05, 0.1) is 24.5 Å². The van der Waals surface area contributed by atoms with Crippen LogP contribution in [0.4, 0.5) is 5.95 Å². The molecule has 1 aliphatic carbocycles. The minimum atomic E-state index is -3.61. The Kier molecular flexibility index (Phi) is 3.15. The topological polar surface area (TPSA) is 107 Å². The van der Waals surface area contributed by atoms with Crippen LogP contribution in [0.15, 0.2) is 17.3 Å². The second-order valence-corrected chi connectivity index (χ2v) is 6.68. The molecule has 104 valence electrons. The fraction of sp³-hybridized carbons (Fsp3) is 0.636. The molecule has 1 saturated heterocycles. The van der Waals surface area contributed by atoms with Gasteiger partial charge in [-0.1, -0.05) is 0 Å². The van der Waals surface area contributed by atoms with E-state index >= 15 is 0 Å². The molecule has 19 heavy (non-hydrogen) atoms. The van der Waals surface area contributed by atoms with Gasteiger partial charge in [-0.05, 0) is 25.2 Å². The third-order valence-electron chi connectivity index (χ3n) is 3.49. The Hall–Kier alpha value is -1.25. The number of anilines is 1. The first kappa shape index (κ1) is 12.8. The van der Waals surface area contributed by atoms with Crippen molar-refractivity contribution >= 4 is 16.0 Å². The first-order valence-corrected chi connectivity index (χ1v) is 7.76. The molecular formula is C11H16N4O3S. The van der Waals surface area contributed by atoms with Crippen molar-refractivity contribution in [1.29, 1.82) is 0 Å². The van der Waals surface area contributed by atoms with Crippen LogP contribution >= 0.6 is 0 Å². The normalized spacial score (nSPS) is 27.6. The van der Waals surface area contributed by atoms with Crippen molar-refractivity contribution in [2.45, 2.75) is 36.3 Å². The molecule has 1 aliphatic heterocycles. The molecule has 2 aliphatic rings. The van der Waals surface area contributed by atoms with E-state index in [1.54, 1.807) is 0 Å². The van der Waals surface area contributed by atoms with E-state index in [0.29, 0.717) is 18.9 Å². The van der Waals surface area contributed by atoms with Gasteiger partial charge in [0, 0.05) is 6.61 Å². The van der Waals surface area contributed by atoms with Gasteiger partial charge in [0.2, 0.25) is 16.0 Å². The number of aromatic nitrogens is 2. The number of nitrogens with two attached hydrogens (primary N) is 1. The summed E-state index contributed by atoms with van der Waals surface area (Å²) >= 11 is 0. The number of rotatable bonds is 4. The Morgan fingerprint density at radius 2 is 1.95 bits per heavy atom. The number of nitrogen functional groups attached to an aromatic ring is 1. The summed E-state index contributed by atoms with van der Waals surface area (Å²) in [6.07, 6.45) is 5.38. The summed E-state index contributed by atoms with van der Waals surface area (Å²) in [5, 5.41) is 0. The lowest BCUT2D eigenvalue weighted by Gasteiger charge is -2.19. The summed E-state index contributed by atoms with van der Waals surface area (Å²) in [5.74, 6) is 0.553. The largest absolute Gasteiger partial charge is 0.376 e. The third kappa shape index (κ3) is 2.70. The molecule has 3 rings (SSSR count). The van der Waals surface area contributed by atoms with Gasteiger partial charge in [-0.25, -0.2) is 23.1 Å². The molecule has 2 atom stereocenters. The maximum Gasteiger partial charge on any atom is 0.243 e. The summed E-state index contributed by atoms with van der Waals surface area (Å²) in [5.41, 5.74) is 5.35. The first-order valence-electron chi connectivity index (χ1n) is 6.28. The Morgan fingerprint density at radius 1 is 1.26 bits per heavy atom. The highest BCUT2D eigenvalue weighted by Crippen LogP contribution is 2.39. The van der Waals surface area contributed by atoms with E-state index in [0.717, 1.165) is 12.8 Å². The number of hydrogen-bond donors (Lipinski definition) is 2. The lowest BCUT2D eigenvalue weighted by molar-refractivity contribution is 0.0848. The highest BCUT2D eigenvalue weighted by atomic mass is 32.2. The van der Waals surface area contributed by atoms with Crippen LogP contribution in [0.5, 0.6) is 0 Å². The number of sulfonamides is 1. The molecule has 7 nitrogen and oxygen atoms in total. The van der Waals surface area contributed by atoms with E-state index in [1.165, 1.54) is 12.4 Å². The number of ether oxygens (including phenoxy) is 1. The van der Waals surface area contributed by atoms with E-state index in [2.05, 4.69) is 14.7 Å². The average molecular weight is 284 g/mol. The smallest absolute Gasteiger partial charge is 0.243 e. The predicted octanol–water partition coefficient (Wildman–Crippen LogP) is -0.0954. The standard InChI is InChI=1S/C11H16N4O3S/c12-11-13-5-8(6-14-11)19(16,17)15-9-3-4-18-10(9)7-1-2-7/h5-7,9-10,15H,1-4H2,(H2,12,13,14). The van der Waals surface area contributed by atoms with Crippen molar-refractivity contribution in [2.24, 2.45) is 5.92 Å². The molecule has 0 spiro atoms. The van der Waals surface area contributed by atoms with Gasteiger partial charge in [0.25, 0.3) is 0 Å². The zero-order chi connectivity index (χ0) is 13.5. The second kappa shape index (κ2) is 4.69. The second-order valence-electron chi connectivity index (χ2n) is 4.97. The van der Waals surface area contributed by atoms with Crippen molar-refractivity contribution in [1.82, 2.24) is 14.7 Å². The van der Waals surface area contributed by atoms with Crippen molar-refractivity contribution in [2.75, 3.05) is 12.3 Å².